The Balaban J connectivity index is 2.49. The van der Waals surface area contributed by atoms with Gasteiger partial charge in [0.15, 0.2) is 5.78 Å². The van der Waals surface area contributed by atoms with Crippen molar-refractivity contribution in [3.8, 4) is 5.75 Å². The predicted octanol–water partition coefficient (Wildman–Crippen LogP) is 4.06. The first-order valence-electron chi connectivity index (χ1n) is 5.56. The first-order chi connectivity index (χ1) is 9.43. The highest BCUT2D eigenvalue weighted by Crippen LogP contribution is 2.28. The molecule has 0 aromatic heterocycles. The molecule has 0 saturated heterocycles. The molecule has 104 valence electrons. The van der Waals surface area contributed by atoms with Crippen molar-refractivity contribution in [2.24, 2.45) is 0 Å². The first-order valence-corrected chi connectivity index (χ1v) is 6.74. The van der Waals surface area contributed by atoms with Gasteiger partial charge < -0.3 is 10.5 Å². The standard InChI is InChI=1S/C14H10BrClFNO2/c1-20-13-4-7(2-3-12(13)18)14(19)8-5-10(16)9(15)6-11(8)17/h2-6H,18H2,1H3. The molecule has 3 nitrogen and oxygen atoms in total. The van der Waals surface area contributed by atoms with E-state index in [1.165, 1.54) is 31.4 Å². The minimum Gasteiger partial charge on any atom is -0.495 e. The van der Waals surface area contributed by atoms with Crippen LogP contribution in [0.1, 0.15) is 15.9 Å². The van der Waals surface area contributed by atoms with E-state index in [0.717, 1.165) is 6.07 Å². The molecule has 0 heterocycles. The lowest BCUT2D eigenvalue weighted by Gasteiger charge is -2.08. The van der Waals surface area contributed by atoms with E-state index in [2.05, 4.69) is 15.9 Å². The van der Waals surface area contributed by atoms with E-state index in [1.54, 1.807) is 0 Å². The molecule has 0 spiro atoms. The largest absolute Gasteiger partial charge is 0.495 e. The Bertz CT molecular complexity index is 691. The lowest BCUT2D eigenvalue weighted by molar-refractivity contribution is 0.103. The average molecular weight is 359 g/mol. The number of ketones is 1. The zero-order chi connectivity index (χ0) is 14.9. The monoisotopic (exact) mass is 357 g/mol. The van der Waals surface area contributed by atoms with Gasteiger partial charge in [-0.1, -0.05) is 11.6 Å². The molecule has 2 N–H and O–H groups in total. The third-order valence-corrected chi connectivity index (χ3v) is 3.95. The molecule has 2 rings (SSSR count). The molecule has 0 radical (unpaired) electrons. The van der Waals surface area contributed by atoms with Gasteiger partial charge >= 0.3 is 0 Å². The van der Waals surface area contributed by atoms with Crippen molar-refractivity contribution < 1.29 is 13.9 Å². The molecule has 0 amide bonds. The van der Waals surface area contributed by atoms with E-state index in [4.69, 9.17) is 22.1 Å². The maximum absolute atomic E-state index is 13.9. The van der Waals surface area contributed by atoms with Gasteiger partial charge in [0.25, 0.3) is 0 Å². The van der Waals surface area contributed by atoms with Crippen molar-refractivity contribution in [3.63, 3.8) is 0 Å². The van der Waals surface area contributed by atoms with E-state index in [1.807, 2.05) is 0 Å². The number of anilines is 1. The molecule has 0 aliphatic carbocycles. The minimum absolute atomic E-state index is 0.106. The van der Waals surface area contributed by atoms with Crippen molar-refractivity contribution in [2.75, 3.05) is 12.8 Å². The Labute approximate surface area is 128 Å². The van der Waals surface area contributed by atoms with Crippen LogP contribution in [0, 0.1) is 5.82 Å². The highest BCUT2D eigenvalue weighted by molar-refractivity contribution is 9.10. The number of nitrogen functional groups attached to an aromatic ring is 1. The number of nitrogens with two attached hydrogens (primary N) is 1. The highest BCUT2D eigenvalue weighted by Gasteiger charge is 2.17. The van der Waals surface area contributed by atoms with Gasteiger partial charge in [-0.2, -0.15) is 0 Å². The second-order valence-corrected chi connectivity index (χ2v) is 5.29. The van der Waals surface area contributed by atoms with Gasteiger partial charge in [0.1, 0.15) is 11.6 Å². The van der Waals surface area contributed by atoms with Crippen LogP contribution in [-0.4, -0.2) is 12.9 Å². The smallest absolute Gasteiger partial charge is 0.196 e. The quantitative estimate of drug-likeness (QED) is 0.511. The van der Waals surface area contributed by atoms with Gasteiger partial charge in [-0.05, 0) is 46.3 Å². The number of carbonyl (C=O) groups excluding carboxylic acids is 1. The van der Waals surface area contributed by atoms with Crippen molar-refractivity contribution in [2.45, 2.75) is 0 Å². The van der Waals surface area contributed by atoms with Crippen LogP contribution in [0.25, 0.3) is 0 Å². The summed E-state index contributed by atoms with van der Waals surface area (Å²) in [5.74, 6) is -0.781. The summed E-state index contributed by atoms with van der Waals surface area (Å²) in [6, 6.07) is 6.95. The van der Waals surface area contributed by atoms with E-state index < -0.39 is 11.6 Å². The molecule has 0 unspecified atom stereocenters. The topological polar surface area (TPSA) is 52.3 Å². The predicted molar refractivity (Wildman–Crippen MR) is 79.9 cm³/mol. The van der Waals surface area contributed by atoms with E-state index >= 15 is 0 Å². The maximum Gasteiger partial charge on any atom is 0.196 e. The lowest BCUT2D eigenvalue weighted by atomic mass is 10.0. The average Bonchev–Trinajstić information content (AvgIpc) is 2.42. The summed E-state index contributed by atoms with van der Waals surface area (Å²) in [5, 5.41) is 0.261. The number of hydrogen-bond acceptors (Lipinski definition) is 3. The Morgan fingerprint density at radius 1 is 1.35 bits per heavy atom. The molecule has 0 fully saturated rings. The van der Waals surface area contributed by atoms with Crippen LogP contribution in [0.2, 0.25) is 5.02 Å². The van der Waals surface area contributed by atoms with Gasteiger partial charge in [-0.3, -0.25) is 4.79 Å². The second kappa shape index (κ2) is 5.81. The second-order valence-electron chi connectivity index (χ2n) is 4.03. The molecule has 0 aliphatic rings. The molecular formula is C14H10BrClFNO2. The number of ether oxygens (including phenoxy) is 1. The summed E-state index contributed by atoms with van der Waals surface area (Å²) in [7, 11) is 1.44. The van der Waals surface area contributed by atoms with Gasteiger partial charge in [-0.15, -0.1) is 0 Å². The Morgan fingerprint density at radius 3 is 2.70 bits per heavy atom. The number of carbonyl (C=O) groups is 1. The summed E-state index contributed by atoms with van der Waals surface area (Å²) in [6.45, 7) is 0. The first kappa shape index (κ1) is 14.8. The number of rotatable bonds is 3. The van der Waals surface area contributed by atoms with Crippen LogP contribution in [0.15, 0.2) is 34.8 Å². The van der Waals surface area contributed by atoms with E-state index in [-0.39, 0.29) is 16.1 Å². The fraction of sp³-hybridized carbons (Fsp3) is 0.0714. The summed E-state index contributed by atoms with van der Waals surface area (Å²) in [5.41, 5.74) is 6.24. The molecule has 0 atom stereocenters. The molecule has 20 heavy (non-hydrogen) atoms. The molecule has 2 aromatic rings. The van der Waals surface area contributed by atoms with Crippen molar-refractivity contribution in [3.05, 3.63) is 56.8 Å². The summed E-state index contributed by atoms with van der Waals surface area (Å²) in [6.07, 6.45) is 0. The van der Waals surface area contributed by atoms with Crippen molar-refractivity contribution in [1.29, 1.82) is 0 Å². The number of benzene rings is 2. The molecular weight excluding hydrogens is 349 g/mol. The lowest BCUT2D eigenvalue weighted by Crippen LogP contribution is -2.05. The molecule has 0 bridgehead atoms. The summed E-state index contributed by atoms with van der Waals surface area (Å²) < 4.78 is 19.3. The number of methoxy groups -OCH3 is 1. The third kappa shape index (κ3) is 2.78. The normalized spacial score (nSPS) is 10.4. The fourth-order valence-electron chi connectivity index (χ4n) is 1.70. The third-order valence-electron chi connectivity index (χ3n) is 2.75. The van der Waals surface area contributed by atoms with Crippen molar-refractivity contribution in [1.82, 2.24) is 0 Å². The molecule has 0 saturated carbocycles. The van der Waals surface area contributed by atoms with Gasteiger partial charge in [0, 0.05) is 10.0 Å². The minimum atomic E-state index is -0.651. The van der Waals surface area contributed by atoms with Crippen LogP contribution in [0.4, 0.5) is 10.1 Å². The van der Waals surface area contributed by atoms with Gasteiger partial charge in [0.05, 0.1) is 23.4 Å². The van der Waals surface area contributed by atoms with Crippen LogP contribution in [0.3, 0.4) is 0 Å². The Morgan fingerprint density at radius 2 is 2.05 bits per heavy atom. The maximum atomic E-state index is 13.9. The summed E-state index contributed by atoms with van der Waals surface area (Å²) >= 11 is 8.99. The molecule has 0 aliphatic heterocycles. The summed E-state index contributed by atoms with van der Waals surface area (Å²) in [4.78, 5) is 12.3. The molecule has 6 heteroatoms. The zero-order valence-electron chi connectivity index (χ0n) is 10.4. The molecule has 2 aromatic carbocycles. The SMILES string of the molecule is COc1cc(C(=O)c2cc(Cl)c(Br)cc2F)ccc1N. The Hall–Kier alpha value is -1.59. The number of hydrogen-bond donors (Lipinski definition) is 1. The fourth-order valence-corrected chi connectivity index (χ4v) is 2.18. The highest BCUT2D eigenvalue weighted by atomic mass is 79.9. The van der Waals surface area contributed by atoms with Crippen molar-refractivity contribution >= 4 is 39.0 Å². The Kier molecular flexibility index (Phi) is 4.30. The van der Waals surface area contributed by atoms with Crippen LogP contribution < -0.4 is 10.5 Å². The van der Waals surface area contributed by atoms with Crippen LogP contribution in [-0.2, 0) is 0 Å². The zero-order valence-corrected chi connectivity index (χ0v) is 12.8. The van der Waals surface area contributed by atoms with Crippen LogP contribution in [0.5, 0.6) is 5.75 Å². The number of halogens is 3. The van der Waals surface area contributed by atoms with Gasteiger partial charge in [-0.25, -0.2) is 4.39 Å². The van der Waals surface area contributed by atoms with Gasteiger partial charge in [0.2, 0.25) is 0 Å². The van der Waals surface area contributed by atoms with Crippen LogP contribution >= 0.6 is 27.5 Å². The van der Waals surface area contributed by atoms with E-state index in [9.17, 15) is 9.18 Å². The van der Waals surface area contributed by atoms with E-state index in [0.29, 0.717) is 15.9 Å².